The molecule has 0 saturated carbocycles. The summed E-state index contributed by atoms with van der Waals surface area (Å²) in [7, 11) is 0. The lowest BCUT2D eigenvalue weighted by molar-refractivity contribution is 0.0690. The van der Waals surface area contributed by atoms with Crippen molar-refractivity contribution in [2.24, 2.45) is 0 Å². The van der Waals surface area contributed by atoms with Crippen LogP contribution in [0.15, 0.2) is 36.7 Å². The Balaban J connectivity index is 1.74. The van der Waals surface area contributed by atoms with Crippen molar-refractivity contribution in [3.63, 3.8) is 0 Å². The van der Waals surface area contributed by atoms with Crippen LogP contribution in [0.2, 0.25) is 0 Å². The van der Waals surface area contributed by atoms with Gasteiger partial charge < -0.3 is 5.11 Å². The Morgan fingerprint density at radius 3 is 2.35 bits per heavy atom. The topological polar surface area (TPSA) is 66.3 Å². The Labute approximate surface area is 136 Å². The van der Waals surface area contributed by atoms with Gasteiger partial charge >= 0.3 is 5.97 Å². The molecule has 0 amide bonds. The fourth-order valence-corrected chi connectivity index (χ4v) is 3.04. The maximum atomic E-state index is 10.8. The molecule has 1 aromatic carbocycles. The normalized spacial score (nSPS) is 16.9. The van der Waals surface area contributed by atoms with Gasteiger partial charge in [-0.05, 0) is 38.4 Å². The van der Waals surface area contributed by atoms with E-state index in [-0.39, 0.29) is 5.69 Å². The largest absolute Gasteiger partial charge is 0.476 e. The van der Waals surface area contributed by atoms with Crippen molar-refractivity contribution >= 4 is 5.97 Å². The summed E-state index contributed by atoms with van der Waals surface area (Å²) < 4.78 is 0. The Morgan fingerprint density at radius 2 is 1.78 bits per heavy atom. The average molecular weight is 311 g/mol. The number of rotatable bonds is 4. The van der Waals surface area contributed by atoms with Crippen molar-refractivity contribution in [2.45, 2.75) is 32.2 Å². The van der Waals surface area contributed by atoms with Gasteiger partial charge in [0.1, 0.15) is 0 Å². The number of aromatic nitrogens is 2. The summed E-state index contributed by atoms with van der Waals surface area (Å²) >= 11 is 0. The molecular weight excluding hydrogens is 290 g/mol. The minimum Gasteiger partial charge on any atom is -0.476 e. The van der Waals surface area contributed by atoms with Crippen LogP contribution in [-0.2, 0) is 0 Å². The third-order valence-electron chi connectivity index (χ3n) is 4.50. The Bertz CT molecular complexity index is 662. The second-order valence-corrected chi connectivity index (χ2v) is 5.99. The fraction of sp³-hybridized carbons (Fsp3) is 0.389. The first-order valence-electron chi connectivity index (χ1n) is 8.05. The van der Waals surface area contributed by atoms with Crippen molar-refractivity contribution in [1.29, 1.82) is 0 Å². The average Bonchev–Trinajstić information content (AvgIpc) is 2.62. The number of nitrogens with zero attached hydrogens (tertiary/aromatic N) is 3. The maximum Gasteiger partial charge on any atom is 0.356 e. The molecule has 1 atom stereocenters. The van der Waals surface area contributed by atoms with E-state index in [1.54, 1.807) is 0 Å². The van der Waals surface area contributed by atoms with Crippen LogP contribution in [0.4, 0.5) is 0 Å². The number of carboxylic acid groups (broad SMARTS) is 1. The molecule has 1 saturated heterocycles. The van der Waals surface area contributed by atoms with Crippen LogP contribution in [-0.4, -0.2) is 39.0 Å². The monoisotopic (exact) mass is 311 g/mol. The van der Waals surface area contributed by atoms with Crippen LogP contribution in [0, 0.1) is 0 Å². The summed E-state index contributed by atoms with van der Waals surface area (Å²) in [6.07, 6.45) is 6.71. The lowest BCUT2D eigenvalue weighted by Gasteiger charge is -2.32. The molecule has 2 aromatic rings. The first-order chi connectivity index (χ1) is 11.1. The number of likely N-dealkylation sites (tertiary alicyclic amines) is 1. The number of aromatic carboxylic acids is 1. The molecule has 5 nitrogen and oxygen atoms in total. The van der Waals surface area contributed by atoms with Gasteiger partial charge in [0.2, 0.25) is 0 Å². The molecule has 0 bridgehead atoms. The highest BCUT2D eigenvalue weighted by molar-refractivity contribution is 5.85. The summed E-state index contributed by atoms with van der Waals surface area (Å²) in [4.78, 5) is 21.4. The summed E-state index contributed by atoms with van der Waals surface area (Å²) in [6.45, 7) is 4.60. The molecular formula is C18H21N3O2. The quantitative estimate of drug-likeness (QED) is 0.937. The first kappa shape index (κ1) is 15.6. The number of hydrogen-bond acceptors (Lipinski definition) is 4. The zero-order chi connectivity index (χ0) is 16.2. The molecule has 0 aliphatic carbocycles. The number of carboxylic acids is 1. The van der Waals surface area contributed by atoms with Gasteiger partial charge in [-0.3, -0.25) is 9.88 Å². The second kappa shape index (κ2) is 6.87. The van der Waals surface area contributed by atoms with Crippen molar-refractivity contribution in [3.8, 4) is 11.3 Å². The van der Waals surface area contributed by atoms with Crippen molar-refractivity contribution in [1.82, 2.24) is 14.9 Å². The predicted octanol–water partition coefficient (Wildman–Crippen LogP) is 3.39. The van der Waals surface area contributed by atoms with E-state index >= 15 is 0 Å². The van der Waals surface area contributed by atoms with E-state index in [0.29, 0.717) is 11.7 Å². The molecule has 0 unspecified atom stereocenters. The molecule has 1 N–H and O–H groups in total. The van der Waals surface area contributed by atoms with Gasteiger partial charge in [-0.25, -0.2) is 9.78 Å². The van der Waals surface area contributed by atoms with E-state index in [2.05, 4.69) is 33.9 Å². The highest BCUT2D eigenvalue weighted by atomic mass is 16.4. The number of piperidine rings is 1. The van der Waals surface area contributed by atoms with Crippen LogP contribution in [0.5, 0.6) is 0 Å². The molecule has 1 aliphatic rings. The molecule has 3 rings (SSSR count). The van der Waals surface area contributed by atoms with Gasteiger partial charge in [0.25, 0.3) is 0 Å². The Morgan fingerprint density at radius 1 is 1.09 bits per heavy atom. The van der Waals surface area contributed by atoms with Crippen LogP contribution in [0.25, 0.3) is 11.3 Å². The molecule has 2 heterocycles. The number of benzene rings is 1. The van der Waals surface area contributed by atoms with Crippen molar-refractivity contribution < 1.29 is 9.90 Å². The SMILES string of the molecule is C[C@H](c1ccc(-c2cnc(C(=O)O)cn2)cc1)N1CCCCC1. The molecule has 1 aromatic heterocycles. The van der Waals surface area contributed by atoms with Gasteiger partial charge in [0, 0.05) is 11.6 Å². The van der Waals surface area contributed by atoms with E-state index < -0.39 is 5.97 Å². The van der Waals surface area contributed by atoms with Crippen molar-refractivity contribution in [3.05, 3.63) is 47.9 Å². The van der Waals surface area contributed by atoms with Gasteiger partial charge in [-0.2, -0.15) is 0 Å². The molecule has 120 valence electrons. The zero-order valence-electron chi connectivity index (χ0n) is 13.3. The second-order valence-electron chi connectivity index (χ2n) is 5.99. The lowest BCUT2D eigenvalue weighted by Crippen LogP contribution is -2.32. The highest BCUT2D eigenvalue weighted by Crippen LogP contribution is 2.26. The third kappa shape index (κ3) is 3.56. The molecule has 0 radical (unpaired) electrons. The van der Waals surface area contributed by atoms with Crippen LogP contribution in [0.1, 0.15) is 48.3 Å². The zero-order valence-corrected chi connectivity index (χ0v) is 13.3. The minimum absolute atomic E-state index is 0.0379. The maximum absolute atomic E-state index is 10.8. The Kier molecular flexibility index (Phi) is 4.67. The van der Waals surface area contributed by atoms with Gasteiger partial charge in [-0.1, -0.05) is 30.7 Å². The predicted molar refractivity (Wildman–Crippen MR) is 88.3 cm³/mol. The van der Waals surface area contributed by atoms with Crippen LogP contribution < -0.4 is 0 Å². The van der Waals surface area contributed by atoms with Gasteiger partial charge in [0.05, 0.1) is 18.1 Å². The summed E-state index contributed by atoms with van der Waals surface area (Å²) in [6, 6.07) is 8.73. The first-order valence-corrected chi connectivity index (χ1v) is 8.05. The summed E-state index contributed by atoms with van der Waals surface area (Å²) in [5.41, 5.74) is 2.89. The summed E-state index contributed by atoms with van der Waals surface area (Å²) in [5.74, 6) is -1.06. The third-order valence-corrected chi connectivity index (χ3v) is 4.50. The van der Waals surface area contributed by atoms with E-state index in [9.17, 15) is 4.79 Å². The van der Waals surface area contributed by atoms with E-state index in [4.69, 9.17) is 5.11 Å². The number of carbonyl (C=O) groups is 1. The molecule has 1 fully saturated rings. The fourth-order valence-electron chi connectivity index (χ4n) is 3.04. The van der Waals surface area contributed by atoms with Gasteiger partial charge in [0.15, 0.2) is 5.69 Å². The van der Waals surface area contributed by atoms with Crippen LogP contribution in [0.3, 0.4) is 0 Å². The van der Waals surface area contributed by atoms with E-state index in [0.717, 1.165) is 5.56 Å². The lowest BCUT2D eigenvalue weighted by atomic mass is 10.0. The molecule has 0 spiro atoms. The Hall–Kier alpha value is -2.27. The van der Waals surface area contributed by atoms with Gasteiger partial charge in [-0.15, -0.1) is 0 Å². The smallest absolute Gasteiger partial charge is 0.356 e. The molecule has 1 aliphatic heterocycles. The number of hydrogen-bond donors (Lipinski definition) is 1. The van der Waals surface area contributed by atoms with Crippen LogP contribution >= 0.6 is 0 Å². The summed E-state index contributed by atoms with van der Waals surface area (Å²) in [5, 5.41) is 8.86. The molecule has 5 heteroatoms. The van der Waals surface area contributed by atoms with Crippen molar-refractivity contribution in [2.75, 3.05) is 13.1 Å². The minimum atomic E-state index is -1.06. The highest BCUT2D eigenvalue weighted by Gasteiger charge is 2.18. The van der Waals surface area contributed by atoms with E-state index in [1.165, 1.54) is 50.3 Å². The standard InChI is InChI=1S/C18H21N3O2/c1-13(21-9-3-2-4-10-21)14-5-7-15(8-6-14)16-11-20-17(12-19-16)18(22)23/h5-8,11-13H,2-4,9-10H2,1H3,(H,22,23)/t13-/m1/s1. The molecule has 23 heavy (non-hydrogen) atoms. The van der Waals surface area contributed by atoms with E-state index in [1.807, 2.05) is 12.1 Å².